The van der Waals surface area contributed by atoms with Gasteiger partial charge >= 0.3 is 5.97 Å². The molecule has 0 saturated carbocycles. The average Bonchev–Trinajstić information content (AvgIpc) is 3.32. The molecule has 0 spiro atoms. The van der Waals surface area contributed by atoms with Crippen LogP contribution in [0.15, 0.2) is 48.5 Å². The van der Waals surface area contributed by atoms with Gasteiger partial charge in [0.2, 0.25) is 11.8 Å². The van der Waals surface area contributed by atoms with E-state index in [0.29, 0.717) is 35.8 Å². The SMILES string of the molecule is CCOc1ccc(N2C(=O)[C@H]3[C@@H](C2=O)[C@](CCSC)(C(=O)OC)N[C@H]3c2ccc(O)cc2)cc1. The number of benzene rings is 2. The molecule has 4 atom stereocenters. The van der Waals surface area contributed by atoms with Crippen molar-refractivity contribution >= 4 is 35.2 Å². The molecule has 2 fully saturated rings. The van der Waals surface area contributed by atoms with Crippen LogP contribution in [-0.2, 0) is 19.1 Å². The Hall–Kier alpha value is -3.04. The smallest absolute Gasteiger partial charge is 0.326 e. The fourth-order valence-electron chi connectivity index (χ4n) is 5.05. The molecule has 2 heterocycles. The van der Waals surface area contributed by atoms with Gasteiger partial charge in [0.1, 0.15) is 17.0 Å². The highest BCUT2D eigenvalue weighted by Gasteiger charge is 2.68. The lowest BCUT2D eigenvalue weighted by molar-refractivity contribution is -0.152. The molecule has 180 valence electrons. The molecular weight excluding hydrogens is 456 g/mol. The van der Waals surface area contributed by atoms with Crippen molar-refractivity contribution in [3.8, 4) is 11.5 Å². The fourth-order valence-corrected chi connectivity index (χ4v) is 5.57. The first-order valence-corrected chi connectivity index (χ1v) is 12.5. The molecule has 0 radical (unpaired) electrons. The molecule has 0 unspecified atom stereocenters. The van der Waals surface area contributed by atoms with E-state index < -0.39 is 35.3 Å². The Bertz CT molecular complexity index is 1070. The Morgan fingerprint density at radius 1 is 1.12 bits per heavy atom. The zero-order valence-electron chi connectivity index (χ0n) is 19.3. The summed E-state index contributed by atoms with van der Waals surface area (Å²) in [5.41, 5.74) is -0.212. The first-order chi connectivity index (χ1) is 16.4. The van der Waals surface area contributed by atoms with Gasteiger partial charge in [-0.2, -0.15) is 11.8 Å². The number of carbonyl (C=O) groups excluding carboxylic acids is 3. The summed E-state index contributed by atoms with van der Waals surface area (Å²) in [5, 5.41) is 13.1. The van der Waals surface area contributed by atoms with Crippen LogP contribution in [0.25, 0.3) is 0 Å². The first kappa shape index (κ1) is 24.1. The van der Waals surface area contributed by atoms with Crippen LogP contribution in [0.5, 0.6) is 11.5 Å². The Morgan fingerprint density at radius 2 is 1.79 bits per heavy atom. The van der Waals surface area contributed by atoms with Crippen LogP contribution in [0, 0.1) is 11.8 Å². The van der Waals surface area contributed by atoms with E-state index in [9.17, 15) is 19.5 Å². The van der Waals surface area contributed by atoms with Crippen molar-refractivity contribution in [1.82, 2.24) is 5.32 Å². The highest BCUT2D eigenvalue weighted by atomic mass is 32.2. The van der Waals surface area contributed by atoms with Gasteiger partial charge in [0, 0.05) is 6.04 Å². The number of anilines is 1. The fraction of sp³-hybridized carbons (Fsp3) is 0.400. The number of carbonyl (C=O) groups is 3. The maximum absolute atomic E-state index is 13.8. The molecule has 2 amide bonds. The molecule has 0 aliphatic carbocycles. The molecule has 0 aromatic heterocycles. The second kappa shape index (κ2) is 9.68. The number of esters is 1. The number of methoxy groups -OCH3 is 1. The van der Waals surface area contributed by atoms with Crippen LogP contribution in [0.2, 0.25) is 0 Å². The second-order valence-corrected chi connectivity index (χ2v) is 9.35. The van der Waals surface area contributed by atoms with Gasteiger partial charge in [-0.1, -0.05) is 12.1 Å². The minimum atomic E-state index is -1.35. The van der Waals surface area contributed by atoms with Crippen molar-refractivity contribution in [3.63, 3.8) is 0 Å². The maximum atomic E-state index is 13.8. The molecule has 2 saturated heterocycles. The van der Waals surface area contributed by atoms with E-state index in [-0.39, 0.29) is 11.7 Å². The summed E-state index contributed by atoms with van der Waals surface area (Å²) in [5.74, 6) is -1.78. The molecule has 2 N–H and O–H groups in total. The molecule has 2 aromatic carbocycles. The molecule has 2 aromatic rings. The lowest BCUT2D eigenvalue weighted by Gasteiger charge is -2.32. The van der Waals surface area contributed by atoms with Gasteiger partial charge in [-0.05, 0) is 67.3 Å². The zero-order valence-corrected chi connectivity index (χ0v) is 20.1. The van der Waals surface area contributed by atoms with Crippen LogP contribution in [0.3, 0.4) is 0 Å². The monoisotopic (exact) mass is 484 g/mol. The minimum Gasteiger partial charge on any atom is -0.508 e. The van der Waals surface area contributed by atoms with Gasteiger partial charge in [-0.15, -0.1) is 0 Å². The van der Waals surface area contributed by atoms with Gasteiger partial charge in [0.25, 0.3) is 0 Å². The lowest BCUT2D eigenvalue weighted by atomic mass is 9.78. The maximum Gasteiger partial charge on any atom is 0.326 e. The first-order valence-electron chi connectivity index (χ1n) is 11.1. The van der Waals surface area contributed by atoms with Gasteiger partial charge in [0.05, 0.1) is 31.2 Å². The average molecular weight is 485 g/mol. The van der Waals surface area contributed by atoms with Crippen molar-refractivity contribution in [2.45, 2.75) is 24.9 Å². The number of thioether (sulfide) groups is 1. The molecular formula is C25H28N2O6S. The van der Waals surface area contributed by atoms with E-state index in [0.717, 1.165) is 0 Å². The normalized spacial score (nSPS) is 26.0. The number of hydrogen-bond donors (Lipinski definition) is 2. The number of phenolic OH excluding ortho intramolecular Hbond substituents is 1. The van der Waals surface area contributed by atoms with Crippen LogP contribution in [0.4, 0.5) is 5.69 Å². The summed E-state index contributed by atoms with van der Waals surface area (Å²) >= 11 is 1.55. The summed E-state index contributed by atoms with van der Waals surface area (Å²) in [6.07, 6.45) is 2.25. The van der Waals surface area contributed by atoms with Crippen molar-refractivity contribution in [2.75, 3.05) is 30.6 Å². The van der Waals surface area contributed by atoms with Crippen LogP contribution < -0.4 is 15.0 Å². The lowest BCUT2D eigenvalue weighted by Crippen LogP contribution is -2.56. The summed E-state index contributed by atoms with van der Waals surface area (Å²) in [6.45, 7) is 2.38. The van der Waals surface area contributed by atoms with E-state index in [4.69, 9.17) is 9.47 Å². The third kappa shape index (κ3) is 3.92. The third-order valence-electron chi connectivity index (χ3n) is 6.56. The van der Waals surface area contributed by atoms with Gasteiger partial charge in [0.15, 0.2) is 0 Å². The second-order valence-electron chi connectivity index (χ2n) is 8.36. The minimum absolute atomic E-state index is 0.0877. The Labute approximate surface area is 202 Å². The van der Waals surface area contributed by atoms with E-state index in [1.165, 1.54) is 24.1 Å². The Kier molecular flexibility index (Phi) is 6.86. The van der Waals surface area contributed by atoms with Crippen LogP contribution in [0.1, 0.15) is 24.9 Å². The van der Waals surface area contributed by atoms with Crippen molar-refractivity contribution in [2.24, 2.45) is 11.8 Å². The summed E-state index contributed by atoms with van der Waals surface area (Å²) in [6, 6.07) is 12.6. The number of fused-ring (bicyclic) bond motifs is 1. The molecule has 2 aliphatic rings. The Morgan fingerprint density at radius 3 is 2.38 bits per heavy atom. The number of nitrogens with one attached hydrogen (secondary N) is 1. The van der Waals surface area contributed by atoms with E-state index >= 15 is 0 Å². The predicted octanol–water partition coefficient (Wildman–Crippen LogP) is 2.91. The Balaban J connectivity index is 1.80. The number of amides is 2. The standard InChI is InChI=1S/C25H28N2O6S/c1-4-33-18-11-7-16(8-12-18)27-22(29)19-20(23(27)30)25(13-14-34-3,24(31)32-2)26-21(19)15-5-9-17(28)10-6-15/h5-12,19-21,26,28H,4,13-14H2,1-3H3/t19-,20-,21-,25+/m0/s1. The molecule has 8 nitrogen and oxygen atoms in total. The van der Waals surface area contributed by atoms with Crippen LogP contribution in [-0.4, -0.2) is 54.2 Å². The topological polar surface area (TPSA) is 105 Å². The molecule has 0 bridgehead atoms. The van der Waals surface area contributed by atoms with E-state index in [1.807, 2.05) is 13.2 Å². The quantitative estimate of drug-likeness (QED) is 0.435. The van der Waals surface area contributed by atoms with E-state index in [2.05, 4.69) is 5.32 Å². The van der Waals surface area contributed by atoms with Crippen molar-refractivity contribution < 1.29 is 29.0 Å². The van der Waals surface area contributed by atoms with Gasteiger partial charge in [-0.3, -0.25) is 19.7 Å². The predicted molar refractivity (Wildman–Crippen MR) is 129 cm³/mol. The summed E-state index contributed by atoms with van der Waals surface area (Å²) in [7, 11) is 1.29. The zero-order chi connectivity index (χ0) is 24.5. The van der Waals surface area contributed by atoms with Crippen molar-refractivity contribution in [1.29, 1.82) is 0 Å². The number of ether oxygens (including phenoxy) is 2. The number of hydrogen-bond acceptors (Lipinski definition) is 8. The summed E-state index contributed by atoms with van der Waals surface area (Å²) in [4.78, 5) is 41.9. The van der Waals surface area contributed by atoms with Crippen LogP contribution >= 0.6 is 11.8 Å². The van der Waals surface area contributed by atoms with E-state index in [1.54, 1.807) is 48.2 Å². The molecule has 9 heteroatoms. The highest BCUT2D eigenvalue weighted by Crippen LogP contribution is 2.51. The van der Waals surface area contributed by atoms with Crippen molar-refractivity contribution in [3.05, 3.63) is 54.1 Å². The molecule has 2 aliphatic heterocycles. The third-order valence-corrected chi connectivity index (χ3v) is 7.17. The largest absolute Gasteiger partial charge is 0.508 e. The van der Waals surface area contributed by atoms with Gasteiger partial charge < -0.3 is 14.6 Å². The number of phenols is 1. The highest BCUT2D eigenvalue weighted by molar-refractivity contribution is 7.98. The molecule has 34 heavy (non-hydrogen) atoms. The van der Waals surface area contributed by atoms with Gasteiger partial charge in [-0.25, -0.2) is 4.90 Å². The number of imide groups is 1. The number of rotatable bonds is 8. The summed E-state index contributed by atoms with van der Waals surface area (Å²) < 4.78 is 10.6. The number of nitrogens with zero attached hydrogens (tertiary/aromatic N) is 1. The molecule has 4 rings (SSSR count). The number of aromatic hydroxyl groups is 1.